The van der Waals surface area contributed by atoms with Crippen molar-refractivity contribution in [3.05, 3.63) is 73.2 Å². The van der Waals surface area contributed by atoms with Crippen molar-refractivity contribution >= 4 is 39.1 Å². The van der Waals surface area contributed by atoms with Crippen molar-refractivity contribution < 1.29 is 9.72 Å². The molecule has 0 atom stereocenters. The SMILES string of the molecule is O=C(NCCc1cccc(Cl)c1)c1ccc(Br)c([N+](=O)[O-])c1. The van der Waals surface area contributed by atoms with Crippen LogP contribution in [0, 0.1) is 10.1 Å². The van der Waals surface area contributed by atoms with E-state index in [0.29, 0.717) is 22.5 Å². The zero-order valence-corrected chi connectivity index (χ0v) is 13.7. The van der Waals surface area contributed by atoms with E-state index in [2.05, 4.69) is 21.2 Å². The lowest BCUT2D eigenvalue weighted by atomic mass is 10.1. The number of hydrogen-bond donors (Lipinski definition) is 1. The van der Waals surface area contributed by atoms with Gasteiger partial charge in [0.05, 0.1) is 9.40 Å². The lowest BCUT2D eigenvalue weighted by Gasteiger charge is -2.06. The van der Waals surface area contributed by atoms with Gasteiger partial charge >= 0.3 is 0 Å². The highest BCUT2D eigenvalue weighted by Crippen LogP contribution is 2.25. The number of halogens is 2. The molecular weight excluding hydrogens is 372 g/mol. The minimum absolute atomic E-state index is 0.137. The van der Waals surface area contributed by atoms with Gasteiger partial charge in [0.2, 0.25) is 0 Å². The molecule has 0 aliphatic carbocycles. The van der Waals surface area contributed by atoms with E-state index in [1.165, 1.54) is 18.2 Å². The maximum Gasteiger partial charge on any atom is 0.284 e. The Morgan fingerprint density at radius 2 is 2.05 bits per heavy atom. The first-order valence-electron chi connectivity index (χ1n) is 6.44. The highest BCUT2D eigenvalue weighted by Gasteiger charge is 2.15. The lowest BCUT2D eigenvalue weighted by molar-refractivity contribution is -0.385. The highest BCUT2D eigenvalue weighted by atomic mass is 79.9. The third-order valence-corrected chi connectivity index (χ3v) is 3.90. The molecule has 7 heteroatoms. The largest absolute Gasteiger partial charge is 0.352 e. The van der Waals surface area contributed by atoms with E-state index in [4.69, 9.17) is 11.6 Å². The van der Waals surface area contributed by atoms with Gasteiger partial charge in [-0.3, -0.25) is 14.9 Å². The predicted octanol–water partition coefficient (Wildman–Crippen LogP) is 3.98. The van der Waals surface area contributed by atoms with Gasteiger partial charge in [0.1, 0.15) is 0 Å². The molecule has 0 fully saturated rings. The fourth-order valence-corrected chi connectivity index (χ4v) is 2.51. The van der Waals surface area contributed by atoms with Gasteiger partial charge in [0.25, 0.3) is 11.6 Å². The van der Waals surface area contributed by atoms with Crippen LogP contribution < -0.4 is 5.32 Å². The highest BCUT2D eigenvalue weighted by molar-refractivity contribution is 9.10. The van der Waals surface area contributed by atoms with E-state index in [-0.39, 0.29) is 17.2 Å². The van der Waals surface area contributed by atoms with E-state index < -0.39 is 4.92 Å². The molecule has 0 unspecified atom stereocenters. The van der Waals surface area contributed by atoms with Crippen LogP contribution in [0.2, 0.25) is 5.02 Å². The summed E-state index contributed by atoms with van der Waals surface area (Å²) in [7, 11) is 0. The second-order valence-corrected chi connectivity index (χ2v) is 5.85. The summed E-state index contributed by atoms with van der Waals surface area (Å²) in [5, 5.41) is 14.2. The average Bonchev–Trinajstić information content (AvgIpc) is 2.47. The van der Waals surface area contributed by atoms with Gasteiger partial charge in [-0.05, 0) is 52.2 Å². The van der Waals surface area contributed by atoms with Crippen molar-refractivity contribution in [2.45, 2.75) is 6.42 Å². The van der Waals surface area contributed by atoms with Crippen molar-refractivity contribution in [1.29, 1.82) is 0 Å². The molecule has 0 saturated carbocycles. The molecular formula is C15H12BrClN2O3. The number of nitrogens with one attached hydrogen (secondary N) is 1. The summed E-state index contributed by atoms with van der Waals surface area (Å²) in [5.74, 6) is -0.349. The van der Waals surface area contributed by atoms with E-state index in [1.54, 1.807) is 6.07 Å². The quantitative estimate of drug-likeness (QED) is 0.627. The number of carbonyl (C=O) groups excluding carboxylic acids is 1. The zero-order chi connectivity index (χ0) is 16.1. The van der Waals surface area contributed by atoms with Crippen LogP contribution in [0.5, 0.6) is 0 Å². The Hall–Kier alpha value is -1.92. The Labute approximate surface area is 140 Å². The Balaban J connectivity index is 1.98. The molecule has 2 rings (SSSR count). The van der Waals surface area contributed by atoms with Gasteiger partial charge in [-0.1, -0.05) is 23.7 Å². The van der Waals surface area contributed by atoms with Crippen molar-refractivity contribution in [1.82, 2.24) is 5.32 Å². The molecule has 0 aromatic heterocycles. The molecule has 0 bridgehead atoms. The fourth-order valence-electron chi connectivity index (χ4n) is 1.91. The second kappa shape index (κ2) is 7.38. The number of nitro benzene ring substituents is 1. The van der Waals surface area contributed by atoms with E-state index in [0.717, 1.165) is 5.56 Å². The number of carbonyl (C=O) groups is 1. The molecule has 114 valence electrons. The summed E-state index contributed by atoms with van der Waals surface area (Å²) in [6.45, 7) is 0.420. The maximum atomic E-state index is 12.0. The molecule has 0 radical (unpaired) electrons. The van der Waals surface area contributed by atoms with Crippen molar-refractivity contribution in [2.24, 2.45) is 0 Å². The van der Waals surface area contributed by atoms with Crippen molar-refractivity contribution in [2.75, 3.05) is 6.54 Å². The lowest BCUT2D eigenvalue weighted by Crippen LogP contribution is -2.25. The van der Waals surface area contributed by atoms with Gasteiger partial charge < -0.3 is 5.32 Å². The molecule has 0 aliphatic rings. The summed E-state index contributed by atoms with van der Waals surface area (Å²) in [6, 6.07) is 11.7. The van der Waals surface area contributed by atoms with Crippen LogP contribution in [0.25, 0.3) is 0 Å². The molecule has 0 aliphatic heterocycles. The number of hydrogen-bond acceptors (Lipinski definition) is 3. The van der Waals surface area contributed by atoms with E-state index >= 15 is 0 Å². The Kier molecular flexibility index (Phi) is 5.51. The van der Waals surface area contributed by atoms with Gasteiger partial charge in [-0.2, -0.15) is 0 Å². The Morgan fingerprint density at radius 1 is 1.27 bits per heavy atom. The van der Waals surface area contributed by atoms with Crippen LogP contribution in [0.1, 0.15) is 15.9 Å². The number of nitro groups is 1. The van der Waals surface area contributed by atoms with E-state index in [1.807, 2.05) is 18.2 Å². The van der Waals surface area contributed by atoms with Gasteiger partial charge in [-0.25, -0.2) is 0 Å². The summed E-state index contributed by atoms with van der Waals surface area (Å²) in [4.78, 5) is 22.3. The van der Waals surface area contributed by atoms with Gasteiger partial charge in [0.15, 0.2) is 0 Å². The van der Waals surface area contributed by atoms with Crippen molar-refractivity contribution in [3.63, 3.8) is 0 Å². The average molecular weight is 384 g/mol. The van der Waals surface area contributed by atoms with Crippen LogP contribution in [0.3, 0.4) is 0 Å². The molecule has 2 aromatic carbocycles. The maximum absolute atomic E-state index is 12.0. The number of rotatable bonds is 5. The first kappa shape index (κ1) is 16.5. The molecule has 22 heavy (non-hydrogen) atoms. The Morgan fingerprint density at radius 3 is 2.73 bits per heavy atom. The van der Waals surface area contributed by atoms with Crippen LogP contribution in [0.4, 0.5) is 5.69 Å². The summed E-state index contributed by atoms with van der Waals surface area (Å²) >= 11 is 8.97. The molecule has 0 heterocycles. The smallest absolute Gasteiger partial charge is 0.284 e. The van der Waals surface area contributed by atoms with Crippen LogP contribution >= 0.6 is 27.5 Å². The molecule has 5 nitrogen and oxygen atoms in total. The summed E-state index contributed by atoms with van der Waals surface area (Å²) in [6.07, 6.45) is 0.630. The second-order valence-electron chi connectivity index (χ2n) is 4.56. The van der Waals surface area contributed by atoms with Crippen LogP contribution in [0.15, 0.2) is 46.9 Å². The summed E-state index contributed by atoms with van der Waals surface area (Å²) < 4.78 is 0.341. The van der Waals surface area contributed by atoms with Crippen LogP contribution in [-0.4, -0.2) is 17.4 Å². The molecule has 2 aromatic rings. The van der Waals surface area contributed by atoms with Crippen molar-refractivity contribution in [3.8, 4) is 0 Å². The molecule has 0 spiro atoms. The monoisotopic (exact) mass is 382 g/mol. The number of nitrogens with zero attached hydrogens (tertiary/aromatic N) is 1. The van der Waals surface area contributed by atoms with Gasteiger partial charge in [-0.15, -0.1) is 0 Å². The minimum atomic E-state index is -0.535. The zero-order valence-electron chi connectivity index (χ0n) is 11.4. The first-order valence-corrected chi connectivity index (χ1v) is 7.61. The molecule has 1 N–H and O–H groups in total. The topological polar surface area (TPSA) is 72.2 Å². The Bertz CT molecular complexity index is 722. The molecule has 1 amide bonds. The number of benzene rings is 2. The number of amides is 1. The fraction of sp³-hybridized carbons (Fsp3) is 0.133. The van der Waals surface area contributed by atoms with Gasteiger partial charge in [0, 0.05) is 23.2 Å². The third kappa shape index (κ3) is 4.29. The summed E-state index contributed by atoms with van der Waals surface area (Å²) in [5.41, 5.74) is 1.12. The van der Waals surface area contributed by atoms with E-state index in [9.17, 15) is 14.9 Å². The third-order valence-electron chi connectivity index (χ3n) is 2.99. The molecule has 0 saturated heterocycles. The first-order chi connectivity index (χ1) is 10.5. The minimum Gasteiger partial charge on any atom is -0.352 e. The predicted molar refractivity (Wildman–Crippen MR) is 88.3 cm³/mol. The normalized spacial score (nSPS) is 10.3. The standard InChI is InChI=1S/C15H12BrClN2O3/c16-13-5-4-11(9-14(13)19(21)22)15(20)18-7-6-10-2-1-3-12(17)8-10/h1-5,8-9H,6-7H2,(H,18,20). The van der Waals surface area contributed by atoms with Crippen LogP contribution in [-0.2, 0) is 6.42 Å².